The van der Waals surface area contributed by atoms with E-state index in [0.29, 0.717) is 12.6 Å². The Morgan fingerprint density at radius 1 is 1.50 bits per heavy atom. The fourth-order valence-corrected chi connectivity index (χ4v) is 2.07. The van der Waals surface area contributed by atoms with E-state index in [1.54, 1.807) is 6.07 Å². The summed E-state index contributed by atoms with van der Waals surface area (Å²) in [5.41, 5.74) is 2.15. The highest BCUT2D eigenvalue weighted by molar-refractivity contribution is 5.26. The van der Waals surface area contributed by atoms with Gasteiger partial charge >= 0.3 is 0 Å². The van der Waals surface area contributed by atoms with Crippen LogP contribution >= 0.6 is 0 Å². The van der Waals surface area contributed by atoms with Gasteiger partial charge in [0.2, 0.25) is 0 Å². The van der Waals surface area contributed by atoms with Gasteiger partial charge in [-0.3, -0.25) is 0 Å². The van der Waals surface area contributed by atoms with Crippen LogP contribution in [-0.2, 0) is 11.3 Å². The van der Waals surface area contributed by atoms with Crippen LogP contribution in [0.1, 0.15) is 24.5 Å². The summed E-state index contributed by atoms with van der Waals surface area (Å²) >= 11 is 0. The summed E-state index contributed by atoms with van der Waals surface area (Å²) in [4.78, 5) is 0. The topological polar surface area (TPSA) is 21.3 Å². The van der Waals surface area contributed by atoms with Crippen LogP contribution in [0.15, 0.2) is 18.2 Å². The van der Waals surface area contributed by atoms with E-state index in [1.165, 1.54) is 6.07 Å². The summed E-state index contributed by atoms with van der Waals surface area (Å²) in [5.74, 6) is -0.168. The van der Waals surface area contributed by atoms with Crippen molar-refractivity contribution in [2.75, 3.05) is 6.61 Å². The van der Waals surface area contributed by atoms with E-state index >= 15 is 0 Å². The van der Waals surface area contributed by atoms with Gasteiger partial charge < -0.3 is 10.1 Å². The average Bonchev–Trinajstić information content (AvgIpc) is 2.66. The van der Waals surface area contributed by atoms with E-state index in [9.17, 15) is 4.39 Å². The SMILES string of the molecule is Cc1ccc(F)cc1CNC1CCOC1C. The number of aryl methyl sites for hydroxylation is 1. The monoisotopic (exact) mass is 223 g/mol. The van der Waals surface area contributed by atoms with Gasteiger partial charge in [0.15, 0.2) is 0 Å². The summed E-state index contributed by atoms with van der Waals surface area (Å²) < 4.78 is 18.5. The van der Waals surface area contributed by atoms with Crippen LogP contribution in [-0.4, -0.2) is 18.8 Å². The van der Waals surface area contributed by atoms with Crippen molar-refractivity contribution in [3.05, 3.63) is 35.1 Å². The zero-order valence-electron chi connectivity index (χ0n) is 9.79. The number of halogens is 1. The van der Waals surface area contributed by atoms with E-state index in [-0.39, 0.29) is 11.9 Å². The van der Waals surface area contributed by atoms with Crippen LogP contribution in [0.5, 0.6) is 0 Å². The number of hydrogen-bond acceptors (Lipinski definition) is 2. The van der Waals surface area contributed by atoms with Gasteiger partial charge in [-0.25, -0.2) is 4.39 Å². The molecule has 1 heterocycles. The maximum absolute atomic E-state index is 13.1. The molecule has 16 heavy (non-hydrogen) atoms. The molecule has 2 atom stereocenters. The van der Waals surface area contributed by atoms with E-state index in [0.717, 1.165) is 24.2 Å². The molecule has 1 aliphatic rings. The van der Waals surface area contributed by atoms with Crippen LogP contribution in [0.25, 0.3) is 0 Å². The molecule has 0 aromatic heterocycles. The number of rotatable bonds is 3. The van der Waals surface area contributed by atoms with Crippen molar-refractivity contribution in [3.63, 3.8) is 0 Å². The summed E-state index contributed by atoms with van der Waals surface area (Å²) in [6, 6.07) is 5.31. The zero-order chi connectivity index (χ0) is 11.5. The molecule has 88 valence electrons. The van der Waals surface area contributed by atoms with Gasteiger partial charge in [-0.2, -0.15) is 0 Å². The highest BCUT2D eigenvalue weighted by Gasteiger charge is 2.23. The Hall–Kier alpha value is -0.930. The molecule has 0 saturated carbocycles. The molecule has 1 saturated heterocycles. The molecule has 1 fully saturated rings. The van der Waals surface area contributed by atoms with Crippen molar-refractivity contribution < 1.29 is 9.13 Å². The second-order valence-corrected chi connectivity index (χ2v) is 4.42. The average molecular weight is 223 g/mol. The maximum atomic E-state index is 13.1. The fraction of sp³-hybridized carbons (Fsp3) is 0.538. The number of benzene rings is 1. The first-order valence-corrected chi connectivity index (χ1v) is 5.77. The normalized spacial score (nSPS) is 24.9. The number of hydrogen-bond donors (Lipinski definition) is 1. The molecule has 0 amide bonds. The third kappa shape index (κ3) is 2.60. The smallest absolute Gasteiger partial charge is 0.123 e. The zero-order valence-corrected chi connectivity index (χ0v) is 9.79. The standard InChI is InChI=1S/C13H18FNO/c1-9-3-4-12(14)7-11(9)8-15-13-5-6-16-10(13)2/h3-4,7,10,13,15H,5-6,8H2,1-2H3. The molecule has 1 aromatic carbocycles. The Labute approximate surface area is 95.8 Å². The Morgan fingerprint density at radius 3 is 3.00 bits per heavy atom. The van der Waals surface area contributed by atoms with Gasteiger partial charge in [-0.15, -0.1) is 0 Å². The van der Waals surface area contributed by atoms with Gasteiger partial charge in [0.25, 0.3) is 0 Å². The molecule has 2 rings (SSSR count). The third-order valence-corrected chi connectivity index (χ3v) is 3.24. The first kappa shape index (κ1) is 11.6. The van der Waals surface area contributed by atoms with Gasteiger partial charge in [-0.1, -0.05) is 6.07 Å². The second kappa shape index (κ2) is 4.93. The molecule has 1 N–H and O–H groups in total. The Bertz CT molecular complexity index is 367. The quantitative estimate of drug-likeness (QED) is 0.849. The summed E-state index contributed by atoms with van der Waals surface area (Å²) in [7, 11) is 0. The Kier molecular flexibility index (Phi) is 3.56. The van der Waals surface area contributed by atoms with E-state index in [4.69, 9.17) is 4.74 Å². The van der Waals surface area contributed by atoms with Crippen LogP contribution in [0.2, 0.25) is 0 Å². The summed E-state index contributed by atoms with van der Waals surface area (Å²) in [5, 5.41) is 3.42. The van der Waals surface area contributed by atoms with Gasteiger partial charge in [0, 0.05) is 19.2 Å². The third-order valence-electron chi connectivity index (χ3n) is 3.24. The largest absolute Gasteiger partial charge is 0.377 e. The summed E-state index contributed by atoms with van der Waals surface area (Å²) in [6.07, 6.45) is 1.30. The molecule has 0 radical (unpaired) electrons. The Balaban J connectivity index is 1.96. The number of ether oxygens (including phenoxy) is 1. The van der Waals surface area contributed by atoms with E-state index in [1.807, 2.05) is 13.0 Å². The minimum atomic E-state index is -0.168. The van der Waals surface area contributed by atoms with E-state index in [2.05, 4.69) is 12.2 Å². The van der Waals surface area contributed by atoms with Crippen molar-refractivity contribution in [3.8, 4) is 0 Å². The maximum Gasteiger partial charge on any atom is 0.123 e. The minimum absolute atomic E-state index is 0.168. The minimum Gasteiger partial charge on any atom is -0.377 e. The molecule has 0 aliphatic carbocycles. The van der Waals surface area contributed by atoms with Crippen molar-refractivity contribution in [1.29, 1.82) is 0 Å². The molecular weight excluding hydrogens is 205 g/mol. The van der Waals surface area contributed by atoms with Crippen molar-refractivity contribution in [2.45, 2.75) is 39.0 Å². The Morgan fingerprint density at radius 2 is 2.31 bits per heavy atom. The highest BCUT2D eigenvalue weighted by atomic mass is 19.1. The second-order valence-electron chi connectivity index (χ2n) is 4.42. The fourth-order valence-electron chi connectivity index (χ4n) is 2.07. The lowest BCUT2D eigenvalue weighted by molar-refractivity contribution is 0.113. The van der Waals surface area contributed by atoms with Crippen LogP contribution in [0.4, 0.5) is 4.39 Å². The predicted molar refractivity (Wildman–Crippen MR) is 61.8 cm³/mol. The lowest BCUT2D eigenvalue weighted by Crippen LogP contribution is -2.34. The number of nitrogens with one attached hydrogen (secondary N) is 1. The molecule has 1 aliphatic heterocycles. The molecule has 0 spiro atoms. The molecule has 0 bridgehead atoms. The molecule has 3 heteroatoms. The molecule has 1 aromatic rings. The summed E-state index contributed by atoms with van der Waals surface area (Å²) in [6.45, 7) is 5.61. The first-order chi connectivity index (χ1) is 7.66. The van der Waals surface area contributed by atoms with Crippen LogP contribution < -0.4 is 5.32 Å². The van der Waals surface area contributed by atoms with Gasteiger partial charge in [-0.05, 0) is 43.5 Å². The molecular formula is C13H18FNO. The van der Waals surface area contributed by atoms with Gasteiger partial charge in [0.05, 0.1) is 6.10 Å². The molecule has 2 nitrogen and oxygen atoms in total. The highest BCUT2D eigenvalue weighted by Crippen LogP contribution is 2.15. The van der Waals surface area contributed by atoms with Crippen molar-refractivity contribution in [1.82, 2.24) is 5.32 Å². The first-order valence-electron chi connectivity index (χ1n) is 5.77. The lowest BCUT2D eigenvalue weighted by atomic mass is 10.1. The van der Waals surface area contributed by atoms with E-state index < -0.39 is 0 Å². The molecule has 2 unspecified atom stereocenters. The predicted octanol–water partition coefficient (Wildman–Crippen LogP) is 2.40. The van der Waals surface area contributed by atoms with Crippen molar-refractivity contribution in [2.24, 2.45) is 0 Å². The van der Waals surface area contributed by atoms with Gasteiger partial charge in [0.1, 0.15) is 5.82 Å². The van der Waals surface area contributed by atoms with Crippen LogP contribution in [0.3, 0.4) is 0 Å². The van der Waals surface area contributed by atoms with Crippen molar-refractivity contribution >= 4 is 0 Å². The lowest BCUT2D eigenvalue weighted by Gasteiger charge is -2.16. The van der Waals surface area contributed by atoms with Crippen LogP contribution in [0, 0.1) is 12.7 Å².